The van der Waals surface area contributed by atoms with Gasteiger partial charge in [-0.3, -0.25) is 0 Å². The lowest BCUT2D eigenvalue weighted by molar-refractivity contribution is -0.00100. The van der Waals surface area contributed by atoms with Crippen molar-refractivity contribution in [3.63, 3.8) is 0 Å². The number of piperidine rings is 1. The Labute approximate surface area is 142 Å². The molecule has 20 heavy (non-hydrogen) atoms. The van der Waals surface area contributed by atoms with Gasteiger partial charge in [0.15, 0.2) is 0 Å². The topological polar surface area (TPSA) is 33.3 Å². The molecule has 0 bridgehead atoms. The van der Waals surface area contributed by atoms with Crippen LogP contribution in [0.3, 0.4) is 0 Å². The van der Waals surface area contributed by atoms with Gasteiger partial charge in [0.1, 0.15) is 5.75 Å². The average Bonchev–Trinajstić information content (AvgIpc) is 2.40. The van der Waals surface area contributed by atoms with Gasteiger partial charge in [0.2, 0.25) is 0 Å². The van der Waals surface area contributed by atoms with Crippen molar-refractivity contribution in [3.8, 4) is 5.75 Å². The third-order valence-corrected chi connectivity index (χ3v) is 3.94. The first-order chi connectivity index (χ1) is 8.79. The first kappa shape index (κ1) is 20.0. The fourth-order valence-corrected chi connectivity index (χ4v) is 2.79. The van der Waals surface area contributed by atoms with E-state index in [2.05, 4.69) is 32.6 Å². The van der Waals surface area contributed by atoms with Gasteiger partial charge in [-0.1, -0.05) is 15.9 Å². The van der Waals surface area contributed by atoms with Gasteiger partial charge in [0, 0.05) is 16.6 Å². The van der Waals surface area contributed by atoms with Gasteiger partial charge in [0.25, 0.3) is 0 Å². The number of methoxy groups -OCH3 is 1. The minimum Gasteiger partial charge on any atom is -1.00 e. The Kier molecular flexibility index (Phi) is 10.7. The molecule has 1 aromatic carbocycles. The summed E-state index contributed by atoms with van der Waals surface area (Å²) in [5.74, 6) is 1.76. The molecule has 1 aliphatic rings. The van der Waals surface area contributed by atoms with E-state index in [0.717, 1.165) is 42.3 Å². The SMILES string of the molecule is COc1ccc(Br)cc1CNCC1CCNCC1.[Cl-].[Cl-]. The Bertz CT molecular complexity index is 387. The summed E-state index contributed by atoms with van der Waals surface area (Å²) in [6.07, 6.45) is 2.56. The van der Waals surface area contributed by atoms with Gasteiger partial charge in [-0.15, -0.1) is 0 Å². The van der Waals surface area contributed by atoms with Gasteiger partial charge in [-0.25, -0.2) is 0 Å². The zero-order chi connectivity index (χ0) is 12.8. The Balaban J connectivity index is 0.00000180. The highest BCUT2D eigenvalue weighted by Gasteiger charge is 2.12. The lowest BCUT2D eigenvalue weighted by Gasteiger charge is -2.23. The Morgan fingerprint density at radius 2 is 2.00 bits per heavy atom. The molecule has 0 amide bonds. The van der Waals surface area contributed by atoms with Gasteiger partial charge >= 0.3 is 0 Å². The van der Waals surface area contributed by atoms with Crippen molar-refractivity contribution in [2.45, 2.75) is 19.4 Å². The molecule has 116 valence electrons. The minimum atomic E-state index is 0. The maximum atomic E-state index is 5.37. The molecule has 0 radical (unpaired) electrons. The van der Waals surface area contributed by atoms with Gasteiger partial charge in [-0.2, -0.15) is 0 Å². The molecule has 0 spiro atoms. The molecule has 0 aromatic heterocycles. The maximum Gasteiger partial charge on any atom is 0.123 e. The number of ether oxygens (including phenoxy) is 1. The van der Waals surface area contributed by atoms with E-state index in [1.54, 1.807) is 7.11 Å². The highest BCUT2D eigenvalue weighted by atomic mass is 79.9. The third-order valence-electron chi connectivity index (χ3n) is 3.45. The van der Waals surface area contributed by atoms with E-state index in [9.17, 15) is 0 Å². The van der Waals surface area contributed by atoms with Crippen molar-refractivity contribution < 1.29 is 29.6 Å². The normalized spacial score (nSPS) is 15.1. The molecule has 0 atom stereocenters. The van der Waals surface area contributed by atoms with E-state index in [0.29, 0.717) is 0 Å². The zero-order valence-corrected chi connectivity index (χ0v) is 14.7. The molecule has 1 aromatic rings. The zero-order valence-electron chi connectivity index (χ0n) is 11.6. The van der Waals surface area contributed by atoms with E-state index in [4.69, 9.17) is 4.74 Å². The molecule has 3 nitrogen and oxygen atoms in total. The smallest absolute Gasteiger partial charge is 0.123 e. The molecular formula is C14H21BrCl2N2O-2. The number of nitrogens with one attached hydrogen (secondary N) is 2. The number of rotatable bonds is 5. The summed E-state index contributed by atoms with van der Waals surface area (Å²) < 4.78 is 6.47. The van der Waals surface area contributed by atoms with Crippen LogP contribution in [0.4, 0.5) is 0 Å². The van der Waals surface area contributed by atoms with Crippen molar-refractivity contribution >= 4 is 15.9 Å². The largest absolute Gasteiger partial charge is 1.00 e. The summed E-state index contributed by atoms with van der Waals surface area (Å²) in [5.41, 5.74) is 1.21. The predicted molar refractivity (Wildman–Crippen MR) is 78.0 cm³/mol. The molecule has 6 heteroatoms. The van der Waals surface area contributed by atoms with Crippen LogP contribution in [-0.2, 0) is 6.54 Å². The second-order valence-corrected chi connectivity index (χ2v) is 5.70. The van der Waals surface area contributed by atoms with Crippen LogP contribution < -0.4 is 40.2 Å². The Morgan fingerprint density at radius 3 is 2.65 bits per heavy atom. The molecule has 2 N–H and O–H groups in total. The summed E-state index contributed by atoms with van der Waals surface area (Å²) in [5, 5.41) is 6.94. The molecule has 0 unspecified atom stereocenters. The van der Waals surface area contributed by atoms with E-state index in [1.165, 1.54) is 18.4 Å². The number of hydrogen-bond donors (Lipinski definition) is 2. The summed E-state index contributed by atoms with van der Waals surface area (Å²) in [6, 6.07) is 6.13. The second-order valence-electron chi connectivity index (χ2n) is 4.78. The quantitative estimate of drug-likeness (QED) is 0.555. The summed E-state index contributed by atoms with van der Waals surface area (Å²) >= 11 is 3.50. The highest BCUT2D eigenvalue weighted by Crippen LogP contribution is 2.22. The molecule has 1 heterocycles. The molecule has 0 aliphatic carbocycles. The molecule has 1 saturated heterocycles. The molecule has 2 rings (SSSR count). The highest BCUT2D eigenvalue weighted by molar-refractivity contribution is 9.10. The van der Waals surface area contributed by atoms with Crippen LogP contribution in [0.1, 0.15) is 18.4 Å². The third kappa shape index (κ3) is 6.19. The maximum absolute atomic E-state index is 5.37. The summed E-state index contributed by atoms with van der Waals surface area (Å²) in [7, 11) is 1.72. The number of hydrogen-bond acceptors (Lipinski definition) is 3. The predicted octanol–water partition coefficient (Wildman–Crippen LogP) is -3.45. The van der Waals surface area contributed by atoms with Gasteiger partial charge in [0.05, 0.1) is 7.11 Å². The lowest BCUT2D eigenvalue weighted by Crippen LogP contribution is -3.00. The Hall–Kier alpha value is -0.000000000000000222. The second kappa shape index (κ2) is 10.7. The summed E-state index contributed by atoms with van der Waals surface area (Å²) in [4.78, 5) is 0. The van der Waals surface area contributed by atoms with Gasteiger partial charge in [-0.05, 0) is 56.6 Å². The van der Waals surface area contributed by atoms with E-state index in [1.807, 2.05) is 12.1 Å². The van der Waals surface area contributed by atoms with E-state index < -0.39 is 0 Å². The van der Waals surface area contributed by atoms with Crippen molar-refractivity contribution in [2.24, 2.45) is 5.92 Å². The molecule has 1 fully saturated rings. The van der Waals surface area contributed by atoms with Crippen molar-refractivity contribution in [3.05, 3.63) is 28.2 Å². The first-order valence-corrected chi connectivity index (χ1v) is 7.32. The number of benzene rings is 1. The van der Waals surface area contributed by atoms with Crippen LogP contribution >= 0.6 is 15.9 Å². The van der Waals surface area contributed by atoms with E-state index in [-0.39, 0.29) is 24.8 Å². The Morgan fingerprint density at radius 1 is 1.30 bits per heavy atom. The number of halogens is 3. The van der Waals surface area contributed by atoms with Crippen LogP contribution in [0.25, 0.3) is 0 Å². The van der Waals surface area contributed by atoms with Crippen LogP contribution in [0.2, 0.25) is 0 Å². The molecule has 1 aliphatic heterocycles. The molecule has 0 saturated carbocycles. The van der Waals surface area contributed by atoms with Crippen LogP contribution in [0, 0.1) is 5.92 Å². The lowest BCUT2D eigenvalue weighted by atomic mass is 9.98. The van der Waals surface area contributed by atoms with Crippen LogP contribution in [0.5, 0.6) is 5.75 Å². The standard InChI is InChI=1S/C14H21BrN2O.2ClH/c1-18-14-3-2-13(15)8-12(14)10-17-9-11-4-6-16-7-5-11;;/h2-3,8,11,16-17H,4-7,9-10H2,1H3;2*1H/p-2. The van der Waals surface area contributed by atoms with Gasteiger partial charge < -0.3 is 40.2 Å². The van der Waals surface area contributed by atoms with Crippen molar-refractivity contribution in [1.29, 1.82) is 0 Å². The monoisotopic (exact) mass is 382 g/mol. The minimum absolute atomic E-state index is 0. The van der Waals surface area contributed by atoms with E-state index >= 15 is 0 Å². The fourth-order valence-electron chi connectivity index (χ4n) is 2.38. The van der Waals surface area contributed by atoms with Crippen LogP contribution in [-0.4, -0.2) is 26.7 Å². The summed E-state index contributed by atoms with van der Waals surface area (Å²) in [6.45, 7) is 4.28. The fraction of sp³-hybridized carbons (Fsp3) is 0.571. The van der Waals surface area contributed by atoms with Crippen molar-refractivity contribution in [1.82, 2.24) is 10.6 Å². The average molecular weight is 384 g/mol. The van der Waals surface area contributed by atoms with Crippen molar-refractivity contribution in [2.75, 3.05) is 26.7 Å². The molecular weight excluding hydrogens is 363 g/mol. The first-order valence-electron chi connectivity index (χ1n) is 6.53. The van der Waals surface area contributed by atoms with Crippen LogP contribution in [0.15, 0.2) is 22.7 Å².